The zero-order valence-corrected chi connectivity index (χ0v) is 4.78. The molecule has 1 aromatic carbocycles. The van der Waals surface area contributed by atoms with Crippen LogP contribution in [0.1, 0.15) is 0 Å². The van der Waals surface area contributed by atoms with Gasteiger partial charge in [0.15, 0.2) is 0 Å². The van der Waals surface area contributed by atoms with Gasteiger partial charge >= 0.3 is 0 Å². The fraction of sp³-hybridized carbons (Fsp3) is 0. The van der Waals surface area contributed by atoms with Crippen LogP contribution in [0.25, 0.3) is 11.0 Å². The number of nitrogens with zero attached hydrogens (tertiary/aromatic N) is 2. The number of hydrogen-bond acceptors (Lipinski definition) is 1. The highest BCUT2D eigenvalue weighted by molar-refractivity contribution is 5.73. The molecule has 0 spiro atoms. The van der Waals surface area contributed by atoms with Crippen molar-refractivity contribution in [3.8, 4) is 0 Å². The van der Waals surface area contributed by atoms with Crippen molar-refractivity contribution in [3.63, 3.8) is 0 Å². The van der Waals surface area contributed by atoms with Crippen LogP contribution in [-0.2, 0) is 0 Å². The molecule has 0 bridgehead atoms. The summed E-state index contributed by atoms with van der Waals surface area (Å²) in [5, 5.41) is 0. The van der Waals surface area contributed by atoms with Crippen molar-refractivity contribution >= 4 is 11.0 Å². The second-order valence-corrected chi connectivity index (χ2v) is 1.86. The first-order chi connectivity index (χ1) is 4.47. The Morgan fingerprint density at radius 1 is 1.22 bits per heavy atom. The van der Waals surface area contributed by atoms with Crippen molar-refractivity contribution in [2.24, 2.45) is 0 Å². The zero-order valence-electron chi connectivity index (χ0n) is 4.78. The Hall–Kier alpha value is -1.31. The van der Waals surface area contributed by atoms with Crippen LogP contribution in [-0.4, -0.2) is 4.98 Å². The van der Waals surface area contributed by atoms with Crippen LogP contribution in [0.4, 0.5) is 0 Å². The molecule has 9 heavy (non-hydrogen) atoms. The summed E-state index contributed by atoms with van der Waals surface area (Å²) >= 11 is 0. The van der Waals surface area contributed by atoms with Gasteiger partial charge in [-0.2, -0.15) is 0 Å². The topological polar surface area (TPSA) is 27.0 Å². The second kappa shape index (κ2) is 1.58. The number of fused-ring (bicyclic) bond motifs is 1. The number of rotatable bonds is 0. The number of para-hydroxylation sites is 2. The molecule has 0 unspecified atom stereocenters. The number of hydrogen-bond donors (Lipinski definition) is 0. The maximum atomic E-state index is 4.01. The van der Waals surface area contributed by atoms with Gasteiger partial charge in [0.05, 0.1) is 0 Å². The first kappa shape index (κ1) is 4.56. The van der Waals surface area contributed by atoms with Crippen LogP contribution in [0.15, 0.2) is 30.6 Å². The van der Waals surface area contributed by atoms with E-state index in [-0.39, 0.29) is 0 Å². The summed E-state index contributed by atoms with van der Waals surface area (Å²) in [5.74, 6) is 0. The maximum Gasteiger partial charge on any atom is -0.0387 e. The van der Waals surface area contributed by atoms with E-state index in [1.807, 2.05) is 24.3 Å². The molecule has 0 radical (unpaired) electrons. The lowest BCUT2D eigenvalue weighted by Gasteiger charge is -1.89. The monoisotopic (exact) mass is 117 g/mol. The fourth-order valence-corrected chi connectivity index (χ4v) is 0.836. The standard InChI is InChI=1S/C7H5N2/c1-2-4-7-6(3-1)8-5-9-7/h1-5H/q-1. The lowest BCUT2D eigenvalue weighted by atomic mass is 10.3. The predicted molar refractivity (Wildman–Crippen MR) is 35.1 cm³/mol. The minimum Gasteiger partial charge on any atom is -0.443 e. The van der Waals surface area contributed by atoms with Crippen LogP contribution in [0.2, 0.25) is 0 Å². The van der Waals surface area contributed by atoms with Crippen molar-refractivity contribution in [1.82, 2.24) is 9.97 Å². The highest BCUT2D eigenvalue weighted by Gasteiger charge is 1.78. The van der Waals surface area contributed by atoms with E-state index in [4.69, 9.17) is 0 Å². The summed E-state index contributed by atoms with van der Waals surface area (Å²) in [6.07, 6.45) is 1.57. The van der Waals surface area contributed by atoms with E-state index >= 15 is 0 Å². The molecule has 0 saturated heterocycles. The van der Waals surface area contributed by atoms with Gasteiger partial charge in [0.25, 0.3) is 0 Å². The Morgan fingerprint density at radius 3 is 3.00 bits per heavy atom. The van der Waals surface area contributed by atoms with E-state index in [0.717, 1.165) is 11.0 Å². The molecule has 0 atom stereocenters. The van der Waals surface area contributed by atoms with Crippen molar-refractivity contribution in [1.29, 1.82) is 0 Å². The van der Waals surface area contributed by atoms with Crippen LogP contribution in [0, 0.1) is 0 Å². The highest BCUT2D eigenvalue weighted by atomic mass is 14.9. The molecule has 2 nitrogen and oxygen atoms in total. The van der Waals surface area contributed by atoms with E-state index in [1.54, 1.807) is 6.33 Å². The van der Waals surface area contributed by atoms with Crippen molar-refractivity contribution in [2.75, 3.05) is 0 Å². The van der Waals surface area contributed by atoms with Crippen molar-refractivity contribution in [2.45, 2.75) is 0 Å². The first-order valence-corrected chi connectivity index (χ1v) is 2.79. The van der Waals surface area contributed by atoms with E-state index in [0.29, 0.717) is 0 Å². The van der Waals surface area contributed by atoms with Crippen LogP contribution in [0.5, 0.6) is 0 Å². The molecule has 2 rings (SSSR count). The van der Waals surface area contributed by atoms with E-state index in [9.17, 15) is 0 Å². The zero-order chi connectivity index (χ0) is 6.10. The number of imidazole rings is 1. The molecule has 0 fully saturated rings. The average Bonchev–Trinajstić information content (AvgIpc) is 2.33. The molecule has 2 heteroatoms. The quantitative estimate of drug-likeness (QED) is 0.518. The predicted octanol–water partition coefficient (Wildman–Crippen LogP) is 1.19. The summed E-state index contributed by atoms with van der Waals surface area (Å²) in [4.78, 5) is 8.02. The molecule has 1 aromatic heterocycles. The average molecular weight is 117 g/mol. The van der Waals surface area contributed by atoms with Crippen LogP contribution >= 0.6 is 0 Å². The molecule has 0 aliphatic rings. The largest absolute Gasteiger partial charge is 0.443 e. The van der Waals surface area contributed by atoms with E-state index < -0.39 is 0 Å². The molecule has 0 aliphatic carbocycles. The summed E-state index contributed by atoms with van der Waals surface area (Å²) < 4.78 is 0. The Bertz CT molecular complexity index is 281. The number of benzene rings is 1. The van der Waals surface area contributed by atoms with Gasteiger partial charge in [-0.25, -0.2) is 0 Å². The van der Waals surface area contributed by atoms with Crippen molar-refractivity contribution in [3.05, 3.63) is 30.6 Å². The maximum absolute atomic E-state index is 4.01. The first-order valence-electron chi connectivity index (χ1n) is 2.79. The number of aromatic nitrogens is 2. The van der Waals surface area contributed by atoms with Gasteiger partial charge < -0.3 is 9.97 Å². The Labute approximate surface area is 52.5 Å². The molecule has 2 aromatic rings. The van der Waals surface area contributed by atoms with Crippen molar-refractivity contribution < 1.29 is 0 Å². The molecule has 44 valence electrons. The molecule has 0 N–H and O–H groups in total. The summed E-state index contributed by atoms with van der Waals surface area (Å²) in [5.41, 5.74) is 1.94. The minimum absolute atomic E-state index is 0.970. The summed E-state index contributed by atoms with van der Waals surface area (Å²) in [6.45, 7) is 0. The lowest BCUT2D eigenvalue weighted by Crippen LogP contribution is -1.65. The van der Waals surface area contributed by atoms with Gasteiger partial charge in [-0.15, -0.1) is 0 Å². The third-order valence-corrected chi connectivity index (χ3v) is 1.28. The lowest BCUT2D eigenvalue weighted by molar-refractivity contribution is 1.32. The smallest absolute Gasteiger partial charge is 0.0387 e. The van der Waals surface area contributed by atoms with E-state index in [2.05, 4.69) is 9.97 Å². The third-order valence-electron chi connectivity index (χ3n) is 1.28. The molecule has 0 aliphatic heterocycles. The Kier molecular flexibility index (Phi) is 0.803. The van der Waals surface area contributed by atoms with Gasteiger partial charge in [-0.3, -0.25) is 0 Å². The Balaban J connectivity index is 2.95. The van der Waals surface area contributed by atoms with Gasteiger partial charge in [-0.05, 0) is 11.0 Å². The summed E-state index contributed by atoms with van der Waals surface area (Å²) in [6, 6.07) is 7.80. The van der Waals surface area contributed by atoms with Gasteiger partial charge in [0, 0.05) is 0 Å². The normalized spacial score (nSPS) is 10.2. The molecule has 0 saturated carbocycles. The van der Waals surface area contributed by atoms with Crippen LogP contribution in [0.3, 0.4) is 0 Å². The SMILES string of the molecule is c1ccc2[n-]cnc2c1. The second-order valence-electron chi connectivity index (χ2n) is 1.86. The fourth-order valence-electron chi connectivity index (χ4n) is 0.836. The molecular weight excluding hydrogens is 112 g/mol. The highest BCUT2D eigenvalue weighted by Crippen LogP contribution is 2.04. The molecular formula is C7H5N2-. The van der Waals surface area contributed by atoms with Gasteiger partial charge in [-0.1, -0.05) is 30.6 Å². The molecule has 1 heterocycles. The summed E-state index contributed by atoms with van der Waals surface area (Å²) in [7, 11) is 0. The molecule has 0 amide bonds. The minimum atomic E-state index is 0.970. The van der Waals surface area contributed by atoms with E-state index in [1.165, 1.54) is 0 Å². The van der Waals surface area contributed by atoms with Crippen LogP contribution < -0.4 is 4.98 Å². The Morgan fingerprint density at radius 2 is 2.11 bits per heavy atom. The van der Waals surface area contributed by atoms with Gasteiger partial charge in [0.1, 0.15) is 0 Å². The third kappa shape index (κ3) is 0.598. The van der Waals surface area contributed by atoms with Gasteiger partial charge in [0.2, 0.25) is 0 Å².